The number of thioether (sulfide) groups is 1. The third-order valence-corrected chi connectivity index (χ3v) is 4.73. The molecule has 0 N–H and O–H groups in total. The molecule has 9 heteroatoms. The van der Waals surface area contributed by atoms with Crippen molar-refractivity contribution < 1.29 is 0 Å². The highest BCUT2D eigenvalue weighted by atomic mass is 32.2. The van der Waals surface area contributed by atoms with E-state index in [9.17, 15) is 0 Å². The molecule has 0 bridgehead atoms. The fourth-order valence-electron chi connectivity index (χ4n) is 2.47. The second kappa shape index (κ2) is 8.70. The van der Waals surface area contributed by atoms with E-state index in [0.717, 1.165) is 54.7 Å². The molecule has 0 saturated heterocycles. The summed E-state index contributed by atoms with van der Waals surface area (Å²) < 4.78 is 4.03. The average molecular weight is 358 g/mol. The van der Waals surface area contributed by atoms with Crippen molar-refractivity contribution in [1.29, 1.82) is 0 Å². The minimum absolute atomic E-state index is 0.676. The lowest BCUT2D eigenvalue weighted by atomic mass is 10.2. The second-order valence-corrected chi connectivity index (χ2v) is 6.60. The first kappa shape index (κ1) is 17.5. The van der Waals surface area contributed by atoms with Gasteiger partial charge in [0.2, 0.25) is 0 Å². The predicted molar refractivity (Wildman–Crippen MR) is 95.8 cm³/mol. The summed E-state index contributed by atoms with van der Waals surface area (Å²) >= 11 is 1.62. The van der Waals surface area contributed by atoms with Crippen molar-refractivity contribution in [2.75, 3.05) is 0 Å². The Labute approximate surface area is 151 Å². The Morgan fingerprint density at radius 2 is 1.84 bits per heavy atom. The van der Waals surface area contributed by atoms with Gasteiger partial charge in [0.15, 0.2) is 16.8 Å². The Balaban J connectivity index is 1.77. The van der Waals surface area contributed by atoms with Crippen LogP contribution in [0.1, 0.15) is 38.9 Å². The van der Waals surface area contributed by atoms with Crippen LogP contribution in [0, 0.1) is 0 Å². The van der Waals surface area contributed by atoms with Crippen molar-refractivity contribution in [1.82, 2.24) is 40.0 Å². The molecule has 132 valence electrons. The Morgan fingerprint density at radius 1 is 1.00 bits per heavy atom. The lowest BCUT2D eigenvalue weighted by molar-refractivity contribution is 0.540. The van der Waals surface area contributed by atoms with Crippen LogP contribution in [0.4, 0.5) is 0 Å². The standard InChI is InChI=1S/C16H22N8S/c1-3-5-11-24-14(18-21-22-24)12-25-16-20-19-15(23(16)10-4-2)13-6-8-17-9-7-13/h6-9H,3-5,10-12H2,1-2H3. The Morgan fingerprint density at radius 3 is 2.60 bits per heavy atom. The monoisotopic (exact) mass is 358 g/mol. The maximum absolute atomic E-state index is 4.38. The van der Waals surface area contributed by atoms with Crippen molar-refractivity contribution in [3.63, 3.8) is 0 Å². The molecule has 3 heterocycles. The van der Waals surface area contributed by atoms with Gasteiger partial charge in [-0.25, -0.2) is 4.68 Å². The molecule has 8 nitrogen and oxygen atoms in total. The molecule has 0 aromatic carbocycles. The quantitative estimate of drug-likeness (QED) is 0.543. The van der Waals surface area contributed by atoms with E-state index < -0.39 is 0 Å². The van der Waals surface area contributed by atoms with Crippen LogP contribution >= 0.6 is 11.8 Å². The largest absolute Gasteiger partial charge is 0.302 e. The van der Waals surface area contributed by atoms with Crippen LogP contribution in [0.15, 0.2) is 29.7 Å². The molecule has 3 aromatic rings. The van der Waals surface area contributed by atoms with Gasteiger partial charge in [-0.1, -0.05) is 32.0 Å². The van der Waals surface area contributed by atoms with E-state index >= 15 is 0 Å². The third kappa shape index (κ3) is 4.22. The molecule has 25 heavy (non-hydrogen) atoms. The minimum Gasteiger partial charge on any atom is -0.302 e. The predicted octanol–water partition coefficient (Wildman–Crippen LogP) is 2.83. The molecule has 0 spiro atoms. The Kier molecular flexibility index (Phi) is 6.10. The normalized spacial score (nSPS) is 11.1. The first-order chi connectivity index (χ1) is 12.3. The van der Waals surface area contributed by atoms with Crippen LogP contribution in [0.2, 0.25) is 0 Å². The van der Waals surface area contributed by atoms with E-state index in [0.29, 0.717) is 5.75 Å². The molecule has 0 fully saturated rings. The SMILES string of the molecule is CCCCn1nnnc1CSc1nnc(-c2ccncc2)n1CCC. The van der Waals surface area contributed by atoms with Crippen molar-refractivity contribution in [2.45, 2.75) is 57.1 Å². The fourth-order valence-corrected chi connectivity index (χ4v) is 3.37. The zero-order valence-corrected chi connectivity index (χ0v) is 15.4. The number of hydrogen-bond acceptors (Lipinski definition) is 7. The molecule has 0 saturated carbocycles. The summed E-state index contributed by atoms with van der Waals surface area (Å²) in [6.45, 7) is 6.03. The van der Waals surface area contributed by atoms with Gasteiger partial charge in [0.25, 0.3) is 0 Å². The number of aryl methyl sites for hydroxylation is 1. The number of pyridine rings is 1. The summed E-state index contributed by atoms with van der Waals surface area (Å²) in [7, 11) is 0. The van der Waals surface area contributed by atoms with Crippen molar-refractivity contribution in [2.24, 2.45) is 0 Å². The van der Waals surface area contributed by atoms with Gasteiger partial charge >= 0.3 is 0 Å². The Bertz CT molecular complexity index is 783. The highest BCUT2D eigenvalue weighted by Crippen LogP contribution is 2.25. The molecular weight excluding hydrogens is 336 g/mol. The van der Waals surface area contributed by atoms with Crippen LogP contribution in [-0.4, -0.2) is 40.0 Å². The third-order valence-electron chi connectivity index (χ3n) is 3.76. The van der Waals surface area contributed by atoms with Crippen molar-refractivity contribution >= 4 is 11.8 Å². The highest BCUT2D eigenvalue weighted by Gasteiger charge is 2.15. The molecule has 3 aromatic heterocycles. The Hall–Kier alpha value is -2.29. The molecule has 0 radical (unpaired) electrons. The van der Waals surface area contributed by atoms with Gasteiger partial charge in [-0.3, -0.25) is 4.98 Å². The summed E-state index contributed by atoms with van der Waals surface area (Å²) in [4.78, 5) is 4.07. The maximum atomic E-state index is 4.38. The van der Waals surface area contributed by atoms with Gasteiger partial charge in [-0.15, -0.1) is 15.3 Å². The molecular formula is C16H22N8S. The summed E-state index contributed by atoms with van der Waals surface area (Å²) in [5.41, 5.74) is 1.02. The lowest BCUT2D eigenvalue weighted by Crippen LogP contribution is -2.06. The molecule has 0 aliphatic rings. The number of nitrogens with zero attached hydrogens (tertiary/aromatic N) is 8. The van der Waals surface area contributed by atoms with E-state index in [2.05, 4.69) is 49.1 Å². The first-order valence-electron chi connectivity index (χ1n) is 8.55. The van der Waals surface area contributed by atoms with Crippen LogP contribution in [0.3, 0.4) is 0 Å². The number of hydrogen-bond donors (Lipinski definition) is 0. The molecule has 0 aliphatic carbocycles. The maximum Gasteiger partial charge on any atom is 0.191 e. The zero-order valence-electron chi connectivity index (χ0n) is 14.5. The molecule has 0 aliphatic heterocycles. The summed E-state index contributed by atoms with van der Waals surface area (Å²) in [6.07, 6.45) is 6.75. The van der Waals surface area contributed by atoms with E-state index in [1.165, 1.54) is 0 Å². The van der Waals surface area contributed by atoms with E-state index in [4.69, 9.17) is 0 Å². The van der Waals surface area contributed by atoms with E-state index in [1.54, 1.807) is 24.2 Å². The van der Waals surface area contributed by atoms with Crippen LogP contribution in [0.5, 0.6) is 0 Å². The van der Waals surface area contributed by atoms with Gasteiger partial charge in [0.05, 0.1) is 5.75 Å². The van der Waals surface area contributed by atoms with Gasteiger partial charge in [-0.2, -0.15) is 0 Å². The van der Waals surface area contributed by atoms with Gasteiger partial charge < -0.3 is 4.57 Å². The molecule has 0 unspecified atom stereocenters. The minimum atomic E-state index is 0.676. The van der Waals surface area contributed by atoms with Gasteiger partial charge in [-0.05, 0) is 35.4 Å². The second-order valence-electron chi connectivity index (χ2n) is 5.65. The molecule has 0 atom stereocenters. The number of rotatable bonds is 9. The fraction of sp³-hybridized carbons (Fsp3) is 0.500. The zero-order chi connectivity index (χ0) is 17.5. The van der Waals surface area contributed by atoms with Crippen LogP contribution in [-0.2, 0) is 18.8 Å². The van der Waals surface area contributed by atoms with Crippen LogP contribution in [0.25, 0.3) is 11.4 Å². The average Bonchev–Trinajstić information content (AvgIpc) is 3.26. The topological polar surface area (TPSA) is 87.2 Å². The van der Waals surface area contributed by atoms with Crippen molar-refractivity contribution in [3.05, 3.63) is 30.4 Å². The first-order valence-corrected chi connectivity index (χ1v) is 9.53. The smallest absolute Gasteiger partial charge is 0.191 e. The van der Waals surface area contributed by atoms with Gasteiger partial charge in [0.1, 0.15) is 0 Å². The van der Waals surface area contributed by atoms with E-state index in [1.807, 2.05) is 16.8 Å². The summed E-state index contributed by atoms with van der Waals surface area (Å²) in [5.74, 6) is 2.42. The number of tetrazole rings is 1. The van der Waals surface area contributed by atoms with Crippen molar-refractivity contribution in [3.8, 4) is 11.4 Å². The highest BCUT2D eigenvalue weighted by molar-refractivity contribution is 7.98. The molecule has 0 amide bonds. The number of unbranched alkanes of at least 4 members (excludes halogenated alkanes) is 1. The van der Waals surface area contributed by atoms with Gasteiger partial charge in [0, 0.05) is 31.0 Å². The van der Waals surface area contributed by atoms with Crippen LogP contribution < -0.4 is 0 Å². The summed E-state index contributed by atoms with van der Waals surface area (Å²) in [5, 5.41) is 21.7. The lowest BCUT2D eigenvalue weighted by Gasteiger charge is -2.08. The van der Waals surface area contributed by atoms with E-state index in [-0.39, 0.29) is 0 Å². The molecule has 3 rings (SSSR count). The number of aromatic nitrogens is 8. The summed E-state index contributed by atoms with van der Waals surface area (Å²) in [6, 6.07) is 3.91.